The number of hydrogen-bond acceptors (Lipinski definition) is 3. The number of halogens is 1. The number of hydrogen-bond donors (Lipinski definition) is 2. The summed E-state index contributed by atoms with van der Waals surface area (Å²) in [5, 5.41) is 16.0. The summed E-state index contributed by atoms with van der Waals surface area (Å²) in [4.78, 5) is 23.4. The van der Waals surface area contributed by atoms with Crippen LogP contribution in [-0.2, 0) is 22.6 Å². The predicted molar refractivity (Wildman–Crippen MR) is 90.0 cm³/mol. The summed E-state index contributed by atoms with van der Waals surface area (Å²) in [5.74, 6) is -1.63. The van der Waals surface area contributed by atoms with Crippen molar-refractivity contribution in [2.24, 2.45) is 0 Å². The highest BCUT2D eigenvalue weighted by Crippen LogP contribution is 2.35. The van der Waals surface area contributed by atoms with Crippen LogP contribution in [0, 0.1) is 19.7 Å². The van der Waals surface area contributed by atoms with E-state index in [1.807, 2.05) is 0 Å². The first-order valence-corrected chi connectivity index (χ1v) is 8.22. The van der Waals surface area contributed by atoms with Gasteiger partial charge in [0, 0.05) is 0 Å². The molecule has 3 rings (SSSR count). The zero-order valence-corrected chi connectivity index (χ0v) is 14.2. The number of carbonyl (C=O) groups is 2. The van der Waals surface area contributed by atoms with Crippen molar-refractivity contribution in [1.82, 2.24) is 9.78 Å². The lowest BCUT2D eigenvalue weighted by Crippen LogP contribution is -2.20. The van der Waals surface area contributed by atoms with Crippen LogP contribution in [0.15, 0.2) is 18.2 Å². The van der Waals surface area contributed by atoms with Crippen molar-refractivity contribution in [2.75, 3.05) is 5.32 Å². The van der Waals surface area contributed by atoms with Gasteiger partial charge in [-0.05, 0) is 49.9 Å². The summed E-state index contributed by atoms with van der Waals surface area (Å²) in [5.41, 5.74) is 3.74. The van der Waals surface area contributed by atoms with Crippen LogP contribution < -0.4 is 5.32 Å². The smallest absolute Gasteiger partial charge is 0.305 e. The molecule has 1 aromatic heterocycles. The number of aromatic nitrogens is 2. The molecule has 1 aliphatic rings. The largest absolute Gasteiger partial charge is 0.481 e. The maximum Gasteiger partial charge on any atom is 0.305 e. The van der Waals surface area contributed by atoms with Crippen LogP contribution in [0.2, 0.25) is 0 Å². The molecule has 1 aliphatic carbocycles. The Kier molecular flexibility index (Phi) is 4.57. The van der Waals surface area contributed by atoms with Gasteiger partial charge >= 0.3 is 5.97 Å². The summed E-state index contributed by atoms with van der Waals surface area (Å²) in [6, 6.07) is 4.55. The number of aliphatic carboxylic acids is 1. The van der Waals surface area contributed by atoms with Crippen molar-refractivity contribution in [1.29, 1.82) is 0 Å². The van der Waals surface area contributed by atoms with Crippen molar-refractivity contribution in [3.63, 3.8) is 0 Å². The van der Waals surface area contributed by atoms with E-state index in [0.717, 1.165) is 16.8 Å². The molecule has 0 saturated carbocycles. The first kappa shape index (κ1) is 17.1. The Morgan fingerprint density at radius 1 is 1.40 bits per heavy atom. The second-order valence-electron chi connectivity index (χ2n) is 6.34. The number of fused-ring (bicyclic) bond motifs is 1. The average Bonchev–Trinajstić information content (AvgIpc) is 3.08. The standard InChI is InChI=1S/C18H20FN3O3/c1-10-17(11(2)22(21-10)8-7-16(23)24)20-18(25)15-5-3-12-9-13(19)4-6-14(12)15/h4,6,9,15H,3,5,7-8H2,1-2H3,(H,20,25)(H,23,24). The lowest BCUT2D eigenvalue weighted by molar-refractivity contribution is -0.137. The topological polar surface area (TPSA) is 84.2 Å². The van der Waals surface area contributed by atoms with E-state index in [-0.39, 0.29) is 30.6 Å². The molecule has 132 valence electrons. The second kappa shape index (κ2) is 6.66. The number of aryl methyl sites for hydroxylation is 3. The summed E-state index contributed by atoms with van der Waals surface area (Å²) in [6.45, 7) is 3.83. The van der Waals surface area contributed by atoms with Gasteiger partial charge in [-0.1, -0.05) is 6.07 Å². The lowest BCUT2D eigenvalue weighted by atomic mass is 10.0. The first-order valence-electron chi connectivity index (χ1n) is 8.22. The monoisotopic (exact) mass is 345 g/mol. The minimum absolute atomic E-state index is 0.0308. The number of benzene rings is 1. The molecule has 0 radical (unpaired) electrons. The van der Waals surface area contributed by atoms with Crippen LogP contribution in [0.1, 0.15) is 41.3 Å². The molecule has 0 bridgehead atoms. The first-order chi connectivity index (χ1) is 11.9. The van der Waals surface area contributed by atoms with E-state index in [2.05, 4.69) is 10.4 Å². The molecule has 0 spiro atoms. The maximum absolute atomic E-state index is 13.3. The van der Waals surface area contributed by atoms with Gasteiger partial charge in [0.1, 0.15) is 5.82 Å². The van der Waals surface area contributed by atoms with Gasteiger partial charge in [-0.2, -0.15) is 5.10 Å². The highest BCUT2D eigenvalue weighted by atomic mass is 19.1. The number of carboxylic acids is 1. The van der Waals surface area contributed by atoms with Crippen LogP contribution in [0.3, 0.4) is 0 Å². The molecule has 0 saturated heterocycles. The SMILES string of the molecule is Cc1nn(CCC(=O)O)c(C)c1NC(=O)C1CCc2cc(F)ccc21. The third-order valence-corrected chi connectivity index (χ3v) is 4.67. The molecular formula is C18H20FN3O3. The van der Waals surface area contributed by atoms with Crippen molar-refractivity contribution < 1.29 is 19.1 Å². The van der Waals surface area contributed by atoms with Crippen LogP contribution in [-0.4, -0.2) is 26.8 Å². The van der Waals surface area contributed by atoms with Gasteiger partial charge < -0.3 is 10.4 Å². The fourth-order valence-electron chi connectivity index (χ4n) is 3.37. The van der Waals surface area contributed by atoms with Gasteiger partial charge in [-0.3, -0.25) is 14.3 Å². The number of nitrogens with one attached hydrogen (secondary N) is 1. The summed E-state index contributed by atoms with van der Waals surface area (Å²) in [6.07, 6.45) is 1.30. The molecular weight excluding hydrogens is 325 g/mol. The molecule has 2 aromatic rings. The van der Waals surface area contributed by atoms with E-state index < -0.39 is 5.97 Å². The Balaban J connectivity index is 1.77. The summed E-state index contributed by atoms with van der Waals surface area (Å²) in [7, 11) is 0. The van der Waals surface area contributed by atoms with Crippen molar-refractivity contribution in [3.8, 4) is 0 Å². The van der Waals surface area contributed by atoms with Gasteiger partial charge in [0.25, 0.3) is 0 Å². The maximum atomic E-state index is 13.3. The highest BCUT2D eigenvalue weighted by molar-refractivity contribution is 5.97. The number of rotatable bonds is 5. The molecule has 1 aromatic carbocycles. The highest BCUT2D eigenvalue weighted by Gasteiger charge is 2.30. The van der Waals surface area contributed by atoms with E-state index >= 15 is 0 Å². The van der Waals surface area contributed by atoms with Crippen LogP contribution in [0.25, 0.3) is 0 Å². The Labute approximate surface area is 144 Å². The third-order valence-electron chi connectivity index (χ3n) is 4.67. The number of amides is 1. The van der Waals surface area contributed by atoms with E-state index in [0.29, 0.717) is 24.2 Å². The Bertz CT molecular complexity index is 844. The molecule has 2 N–H and O–H groups in total. The quantitative estimate of drug-likeness (QED) is 0.873. The molecule has 1 unspecified atom stereocenters. The van der Waals surface area contributed by atoms with E-state index in [1.54, 1.807) is 24.6 Å². The molecule has 6 nitrogen and oxygen atoms in total. The van der Waals surface area contributed by atoms with Gasteiger partial charge in [-0.25, -0.2) is 4.39 Å². The Hall–Kier alpha value is -2.70. The zero-order valence-electron chi connectivity index (χ0n) is 14.2. The van der Waals surface area contributed by atoms with E-state index in [1.165, 1.54) is 12.1 Å². The number of carboxylic acid groups (broad SMARTS) is 1. The Morgan fingerprint density at radius 3 is 2.88 bits per heavy atom. The Morgan fingerprint density at radius 2 is 2.16 bits per heavy atom. The van der Waals surface area contributed by atoms with Crippen LogP contribution in [0.4, 0.5) is 10.1 Å². The molecule has 1 atom stereocenters. The van der Waals surface area contributed by atoms with E-state index in [9.17, 15) is 14.0 Å². The van der Waals surface area contributed by atoms with Crippen molar-refractivity contribution in [3.05, 3.63) is 46.5 Å². The fourth-order valence-corrected chi connectivity index (χ4v) is 3.37. The van der Waals surface area contributed by atoms with Crippen molar-refractivity contribution in [2.45, 2.75) is 45.6 Å². The average molecular weight is 345 g/mol. The molecule has 0 aliphatic heterocycles. The predicted octanol–water partition coefficient (Wildman–Crippen LogP) is 2.78. The summed E-state index contributed by atoms with van der Waals surface area (Å²) < 4.78 is 14.9. The lowest BCUT2D eigenvalue weighted by Gasteiger charge is -2.13. The van der Waals surface area contributed by atoms with Gasteiger partial charge in [0.15, 0.2) is 0 Å². The third kappa shape index (κ3) is 3.40. The molecule has 1 heterocycles. The molecule has 1 amide bonds. The van der Waals surface area contributed by atoms with Crippen LogP contribution in [0.5, 0.6) is 0 Å². The number of nitrogens with zero attached hydrogens (tertiary/aromatic N) is 2. The van der Waals surface area contributed by atoms with E-state index in [4.69, 9.17) is 5.11 Å². The van der Waals surface area contributed by atoms with Gasteiger partial charge in [0.05, 0.1) is 36.0 Å². The molecule has 0 fully saturated rings. The number of anilines is 1. The van der Waals surface area contributed by atoms with Crippen molar-refractivity contribution >= 4 is 17.6 Å². The minimum Gasteiger partial charge on any atom is -0.481 e. The molecule has 7 heteroatoms. The molecule has 25 heavy (non-hydrogen) atoms. The number of carbonyl (C=O) groups excluding carboxylic acids is 1. The second-order valence-corrected chi connectivity index (χ2v) is 6.34. The zero-order chi connectivity index (χ0) is 18.1. The minimum atomic E-state index is -0.895. The van der Waals surface area contributed by atoms with Crippen LogP contribution >= 0.6 is 0 Å². The fraction of sp³-hybridized carbons (Fsp3) is 0.389. The van der Waals surface area contributed by atoms with Gasteiger partial charge in [-0.15, -0.1) is 0 Å². The summed E-state index contributed by atoms with van der Waals surface area (Å²) >= 11 is 0. The van der Waals surface area contributed by atoms with Gasteiger partial charge in [0.2, 0.25) is 5.91 Å². The normalized spacial score (nSPS) is 15.9.